The van der Waals surface area contributed by atoms with Gasteiger partial charge in [0.15, 0.2) is 0 Å². The fourth-order valence-corrected chi connectivity index (χ4v) is 2.52. The summed E-state index contributed by atoms with van der Waals surface area (Å²) in [6, 6.07) is 7.88. The Labute approximate surface area is 131 Å². The molecule has 0 aliphatic rings. The van der Waals surface area contributed by atoms with E-state index < -0.39 is 0 Å². The van der Waals surface area contributed by atoms with E-state index in [1.54, 1.807) is 6.26 Å². The van der Waals surface area contributed by atoms with Crippen molar-refractivity contribution in [1.29, 1.82) is 0 Å². The van der Waals surface area contributed by atoms with Gasteiger partial charge in [0.25, 0.3) is 5.89 Å². The van der Waals surface area contributed by atoms with E-state index in [2.05, 4.69) is 34.3 Å². The molecule has 0 spiro atoms. The van der Waals surface area contributed by atoms with Crippen molar-refractivity contribution in [1.82, 2.24) is 25.1 Å². The zero-order valence-corrected chi connectivity index (χ0v) is 13.0. The molecule has 3 heterocycles. The molecule has 0 saturated heterocycles. The Morgan fingerprint density at radius 3 is 2.78 bits per heavy atom. The molecular formula is C16H15N5O2. The predicted molar refractivity (Wildman–Crippen MR) is 83.6 cm³/mol. The normalized spacial score (nSPS) is 11.7. The highest BCUT2D eigenvalue weighted by Gasteiger charge is 2.15. The number of furan rings is 1. The smallest absolute Gasteiger partial charge is 0.258 e. The van der Waals surface area contributed by atoms with Gasteiger partial charge in [-0.05, 0) is 45.0 Å². The van der Waals surface area contributed by atoms with Crippen molar-refractivity contribution in [2.45, 2.75) is 26.8 Å². The fraction of sp³-hybridized carbons (Fsp3) is 0.250. The second-order valence-corrected chi connectivity index (χ2v) is 5.64. The van der Waals surface area contributed by atoms with Gasteiger partial charge in [-0.25, -0.2) is 4.68 Å². The van der Waals surface area contributed by atoms with Crippen molar-refractivity contribution in [3.05, 3.63) is 36.3 Å². The molecular weight excluding hydrogens is 294 g/mol. The average molecular weight is 309 g/mol. The second kappa shape index (κ2) is 5.05. The standard InChI is InChI=1S/C16H15N5O2/c1-9(2)21-14-5-4-11(8-13(14)18-20-21)16-17-15(19-23-16)12-6-7-22-10(12)3/h4-9H,1-3H3. The lowest BCUT2D eigenvalue weighted by Crippen LogP contribution is -2.02. The lowest BCUT2D eigenvalue weighted by molar-refractivity contribution is 0.432. The van der Waals surface area contributed by atoms with Gasteiger partial charge in [0, 0.05) is 11.6 Å². The maximum Gasteiger partial charge on any atom is 0.258 e. The van der Waals surface area contributed by atoms with E-state index in [-0.39, 0.29) is 6.04 Å². The number of nitrogens with zero attached hydrogens (tertiary/aromatic N) is 5. The first-order chi connectivity index (χ1) is 11.1. The molecule has 0 amide bonds. The van der Waals surface area contributed by atoms with Crippen molar-refractivity contribution in [3.8, 4) is 22.8 Å². The van der Waals surface area contributed by atoms with Gasteiger partial charge in [-0.15, -0.1) is 5.10 Å². The Kier molecular flexibility index (Phi) is 3.00. The Morgan fingerprint density at radius 2 is 2.04 bits per heavy atom. The number of aromatic nitrogens is 5. The summed E-state index contributed by atoms with van der Waals surface area (Å²) in [6.45, 7) is 6.00. The molecule has 1 aromatic carbocycles. The van der Waals surface area contributed by atoms with Gasteiger partial charge in [-0.3, -0.25) is 0 Å². The van der Waals surface area contributed by atoms with Crippen molar-refractivity contribution >= 4 is 11.0 Å². The number of rotatable bonds is 3. The maximum absolute atomic E-state index is 5.37. The molecule has 0 atom stereocenters. The molecule has 23 heavy (non-hydrogen) atoms. The van der Waals surface area contributed by atoms with Crippen LogP contribution in [0.3, 0.4) is 0 Å². The third kappa shape index (κ3) is 2.21. The van der Waals surface area contributed by atoms with Crippen LogP contribution in [0.2, 0.25) is 0 Å². The Balaban J connectivity index is 1.75. The van der Waals surface area contributed by atoms with Crippen LogP contribution >= 0.6 is 0 Å². The minimum atomic E-state index is 0.255. The van der Waals surface area contributed by atoms with Gasteiger partial charge < -0.3 is 8.94 Å². The maximum atomic E-state index is 5.37. The molecule has 0 fully saturated rings. The van der Waals surface area contributed by atoms with Crippen molar-refractivity contribution in [3.63, 3.8) is 0 Å². The highest BCUT2D eigenvalue weighted by molar-refractivity contribution is 5.80. The quantitative estimate of drug-likeness (QED) is 0.574. The fourth-order valence-electron chi connectivity index (χ4n) is 2.52. The monoisotopic (exact) mass is 309 g/mol. The van der Waals surface area contributed by atoms with Gasteiger partial charge in [0.1, 0.15) is 11.3 Å². The molecule has 0 bridgehead atoms. The third-order valence-electron chi connectivity index (χ3n) is 3.73. The van der Waals surface area contributed by atoms with Crippen LogP contribution < -0.4 is 0 Å². The van der Waals surface area contributed by atoms with E-state index in [9.17, 15) is 0 Å². The largest absolute Gasteiger partial charge is 0.469 e. The highest BCUT2D eigenvalue weighted by atomic mass is 16.5. The van der Waals surface area contributed by atoms with Gasteiger partial charge in [0.2, 0.25) is 5.82 Å². The first-order valence-electron chi connectivity index (χ1n) is 7.37. The van der Waals surface area contributed by atoms with E-state index in [1.807, 2.05) is 35.9 Å². The molecule has 4 rings (SSSR count). The summed E-state index contributed by atoms with van der Waals surface area (Å²) in [5.74, 6) is 1.71. The van der Waals surface area contributed by atoms with Gasteiger partial charge in [0.05, 0.1) is 17.3 Å². The number of hydrogen-bond acceptors (Lipinski definition) is 6. The van der Waals surface area contributed by atoms with E-state index >= 15 is 0 Å². The summed E-state index contributed by atoms with van der Waals surface area (Å²) in [6.07, 6.45) is 1.61. The van der Waals surface area contributed by atoms with E-state index in [0.717, 1.165) is 27.9 Å². The van der Waals surface area contributed by atoms with Crippen LogP contribution in [0, 0.1) is 6.92 Å². The van der Waals surface area contributed by atoms with Crippen molar-refractivity contribution < 1.29 is 8.94 Å². The number of fused-ring (bicyclic) bond motifs is 1. The summed E-state index contributed by atoms with van der Waals surface area (Å²) >= 11 is 0. The van der Waals surface area contributed by atoms with E-state index in [1.165, 1.54) is 0 Å². The molecule has 7 heteroatoms. The van der Waals surface area contributed by atoms with Crippen LogP contribution in [0.4, 0.5) is 0 Å². The molecule has 0 aliphatic carbocycles. The lowest BCUT2D eigenvalue weighted by atomic mass is 10.2. The third-order valence-corrected chi connectivity index (χ3v) is 3.73. The Bertz CT molecular complexity index is 979. The number of aryl methyl sites for hydroxylation is 1. The van der Waals surface area contributed by atoms with Gasteiger partial charge in [-0.1, -0.05) is 10.4 Å². The highest BCUT2D eigenvalue weighted by Crippen LogP contribution is 2.27. The van der Waals surface area contributed by atoms with Crippen LogP contribution in [-0.2, 0) is 0 Å². The zero-order valence-electron chi connectivity index (χ0n) is 13.0. The minimum Gasteiger partial charge on any atom is -0.469 e. The molecule has 0 unspecified atom stereocenters. The molecule has 0 aliphatic heterocycles. The van der Waals surface area contributed by atoms with Crippen LogP contribution in [0.5, 0.6) is 0 Å². The summed E-state index contributed by atoms with van der Waals surface area (Å²) in [7, 11) is 0. The molecule has 3 aromatic heterocycles. The van der Waals surface area contributed by atoms with Gasteiger partial charge >= 0.3 is 0 Å². The summed E-state index contributed by atoms with van der Waals surface area (Å²) in [5.41, 5.74) is 3.42. The van der Waals surface area contributed by atoms with E-state index in [0.29, 0.717) is 11.7 Å². The first-order valence-corrected chi connectivity index (χ1v) is 7.37. The van der Waals surface area contributed by atoms with Gasteiger partial charge in [-0.2, -0.15) is 4.98 Å². The minimum absolute atomic E-state index is 0.255. The van der Waals surface area contributed by atoms with Crippen molar-refractivity contribution in [2.75, 3.05) is 0 Å². The second-order valence-electron chi connectivity index (χ2n) is 5.64. The average Bonchev–Trinajstić information content (AvgIpc) is 3.24. The molecule has 116 valence electrons. The SMILES string of the molecule is Cc1occc1-c1noc(-c2ccc3c(c2)nnn3C(C)C)n1. The van der Waals surface area contributed by atoms with Crippen LogP contribution in [0.25, 0.3) is 33.9 Å². The molecule has 0 radical (unpaired) electrons. The topological polar surface area (TPSA) is 82.8 Å². The summed E-state index contributed by atoms with van der Waals surface area (Å²) in [4.78, 5) is 4.44. The molecule has 0 N–H and O–H groups in total. The van der Waals surface area contributed by atoms with Crippen LogP contribution in [-0.4, -0.2) is 25.1 Å². The number of benzene rings is 1. The molecule has 7 nitrogen and oxygen atoms in total. The summed E-state index contributed by atoms with van der Waals surface area (Å²) in [5, 5.41) is 12.4. The van der Waals surface area contributed by atoms with Crippen LogP contribution in [0.15, 0.2) is 39.5 Å². The summed E-state index contributed by atoms with van der Waals surface area (Å²) < 4.78 is 12.5. The Morgan fingerprint density at radius 1 is 1.17 bits per heavy atom. The van der Waals surface area contributed by atoms with E-state index in [4.69, 9.17) is 8.94 Å². The predicted octanol–water partition coefficient (Wildman–Crippen LogP) is 3.63. The number of hydrogen-bond donors (Lipinski definition) is 0. The first kappa shape index (κ1) is 13.7. The molecule has 4 aromatic rings. The molecule has 0 saturated carbocycles. The lowest BCUT2D eigenvalue weighted by Gasteiger charge is -2.04. The van der Waals surface area contributed by atoms with Crippen molar-refractivity contribution in [2.24, 2.45) is 0 Å². The zero-order chi connectivity index (χ0) is 16.0. The Hall–Kier alpha value is -2.96. The van der Waals surface area contributed by atoms with Crippen LogP contribution in [0.1, 0.15) is 25.6 Å².